The molecule has 290 valence electrons. The lowest BCUT2D eigenvalue weighted by molar-refractivity contribution is -0.173. The van der Waals surface area contributed by atoms with Gasteiger partial charge in [-0.3, -0.25) is 19.2 Å². The molecule has 51 heavy (non-hydrogen) atoms. The van der Waals surface area contributed by atoms with Gasteiger partial charge in [0.1, 0.15) is 11.7 Å². The second kappa shape index (κ2) is 17.1. The first-order valence-corrected chi connectivity index (χ1v) is 18.6. The van der Waals surface area contributed by atoms with E-state index in [2.05, 4.69) is 0 Å². The first kappa shape index (κ1) is 42.2. The van der Waals surface area contributed by atoms with E-state index in [0.717, 1.165) is 32.1 Å². The summed E-state index contributed by atoms with van der Waals surface area (Å²) in [7, 11) is 0. The normalized spacial score (nSPS) is 27.3. The predicted molar refractivity (Wildman–Crippen MR) is 183 cm³/mol. The van der Waals surface area contributed by atoms with E-state index in [9.17, 15) is 28.8 Å². The predicted octanol–water partition coefficient (Wildman–Crippen LogP) is 5.56. The van der Waals surface area contributed by atoms with Crippen LogP contribution < -0.4 is 0 Å². The molecule has 5 aliphatic rings. The number of carbonyl (C=O) groups is 6. The maximum atomic E-state index is 12.1. The maximum absolute atomic E-state index is 12.1. The van der Waals surface area contributed by atoms with Crippen molar-refractivity contribution in [3.8, 4) is 0 Å². The van der Waals surface area contributed by atoms with Gasteiger partial charge in [-0.05, 0) is 99.3 Å². The fourth-order valence-electron chi connectivity index (χ4n) is 6.11. The van der Waals surface area contributed by atoms with Gasteiger partial charge in [0.25, 0.3) is 0 Å². The molecule has 5 fully saturated rings. The van der Waals surface area contributed by atoms with Crippen LogP contribution in [0.3, 0.4) is 0 Å². The summed E-state index contributed by atoms with van der Waals surface area (Å²) in [5, 5.41) is 0. The van der Waals surface area contributed by atoms with E-state index in [1.807, 2.05) is 55.4 Å². The van der Waals surface area contributed by atoms with E-state index in [1.165, 1.54) is 0 Å². The Hall–Kier alpha value is -3.22. The minimum absolute atomic E-state index is 0.144. The van der Waals surface area contributed by atoms with Crippen molar-refractivity contribution in [3.63, 3.8) is 0 Å². The van der Waals surface area contributed by atoms with Crippen LogP contribution in [-0.2, 0) is 61.9 Å². The van der Waals surface area contributed by atoms with E-state index in [1.54, 1.807) is 13.8 Å². The highest BCUT2D eigenvalue weighted by atomic mass is 16.7. The Morgan fingerprint density at radius 3 is 1.82 bits per heavy atom. The molecular weight excluding hydrogens is 664 g/mol. The molecule has 0 N–H and O–H groups in total. The van der Waals surface area contributed by atoms with Crippen LogP contribution in [0.2, 0.25) is 0 Å². The van der Waals surface area contributed by atoms with Gasteiger partial charge in [0, 0.05) is 6.42 Å². The third-order valence-corrected chi connectivity index (χ3v) is 11.3. The number of rotatable bonds is 12. The first-order chi connectivity index (χ1) is 23.8. The van der Waals surface area contributed by atoms with Crippen LogP contribution in [0, 0.1) is 22.2 Å². The second-order valence-corrected chi connectivity index (χ2v) is 16.1. The lowest BCUT2D eigenvalue weighted by Gasteiger charge is -2.28. The zero-order chi connectivity index (χ0) is 38.4. The summed E-state index contributed by atoms with van der Waals surface area (Å²) in [6, 6.07) is 0. The molecule has 0 radical (unpaired) electrons. The third kappa shape index (κ3) is 10.2. The molecule has 6 atom stereocenters. The summed E-state index contributed by atoms with van der Waals surface area (Å²) >= 11 is 0. The van der Waals surface area contributed by atoms with Gasteiger partial charge in [-0.1, -0.05) is 27.7 Å². The van der Waals surface area contributed by atoms with Crippen molar-refractivity contribution in [1.82, 2.24) is 0 Å². The fraction of sp³-hybridized carbons (Fsp3) is 0.842. The van der Waals surface area contributed by atoms with Gasteiger partial charge < -0.3 is 33.2 Å². The molecule has 4 saturated heterocycles. The number of hydrogen-bond donors (Lipinski definition) is 0. The quantitative estimate of drug-likeness (QED) is 0.181. The molecule has 0 aromatic carbocycles. The third-order valence-electron chi connectivity index (χ3n) is 11.3. The average Bonchev–Trinajstić information content (AvgIpc) is 3.92. The van der Waals surface area contributed by atoms with Gasteiger partial charge >= 0.3 is 35.8 Å². The summed E-state index contributed by atoms with van der Waals surface area (Å²) in [4.78, 5) is 69.7. The number of fused-ring (bicyclic) bond motifs is 1. The van der Waals surface area contributed by atoms with Crippen LogP contribution in [0.4, 0.5) is 0 Å². The average molecular weight is 725 g/mol. The van der Waals surface area contributed by atoms with Crippen LogP contribution >= 0.6 is 0 Å². The molecule has 13 nitrogen and oxygen atoms in total. The summed E-state index contributed by atoms with van der Waals surface area (Å²) in [5.41, 5.74) is -1.90. The van der Waals surface area contributed by atoms with Crippen LogP contribution in [-0.4, -0.2) is 85.2 Å². The van der Waals surface area contributed by atoms with E-state index >= 15 is 0 Å². The Kier molecular flexibility index (Phi) is 14.1. The Morgan fingerprint density at radius 2 is 1.31 bits per heavy atom. The molecule has 0 spiro atoms. The molecule has 4 aliphatic heterocycles. The molecule has 4 heterocycles. The largest absolute Gasteiger partial charge is 0.463 e. The van der Waals surface area contributed by atoms with Gasteiger partial charge in [0.2, 0.25) is 6.10 Å². The molecule has 1 saturated carbocycles. The monoisotopic (exact) mass is 724 g/mol. The lowest BCUT2D eigenvalue weighted by Crippen LogP contribution is -2.42. The zero-order valence-corrected chi connectivity index (χ0v) is 32.3. The maximum Gasteiger partial charge on any atom is 0.347 e. The van der Waals surface area contributed by atoms with Gasteiger partial charge in [-0.15, -0.1) is 0 Å². The number of ether oxygens (including phenoxy) is 7. The van der Waals surface area contributed by atoms with Crippen molar-refractivity contribution < 1.29 is 61.9 Å². The highest BCUT2D eigenvalue weighted by Crippen LogP contribution is 2.48. The van der Waals surface area contributed by atoms with Crippen molar-refractivity contribution in [3.05, 3.63) is 0 Å². The Balaban J connectivity index is 0.000000209. The zero-order valence-electron chi connectivity index (χ0n) is 32.3. The van der Waals surface area contributed by atoms with Gasteiger partial charge in [0.05, 0.1) is 34.9 Å². The molecule has 5 rings (SSSR count). The van der Waals surface area contributed by atoms with E-state index in [4.69, 9.17) is 33.2 Å². The standard InChI is InChI=1S/C15H26O4.C13H18O5.C10H16O4/c1-5-14(3,4)13(17)18-11-12(16)19-15(6-2)9-7-8-10-15;1-4-13(2,3)12(15)18-9-7-5-6-8(16-7)10(9)17-11(6)14;1-4-10(2,3)9(12)14-7-5-6-13-8(7)11/h5-11H2,1-4H3;6-10H,4-5H2,1-3H3;7H,4-6H2,1-3H3. The molecule has 0 aromatic rings. The van der Waals surface area contributed by atoms with Gasteiger partial charge in [0.15, 0.2) is 18.8 Å². The minimum atomic E-state index is -0.687. The lowest BCUT2D eigenvalue weighted by atomic mass is 9.87. The van der Waals surface area contributed by atoms with Gasteiger partial charge in [-0.25, -0.2) is 9.59 Å². The SMILES string of the molecule is CCC(C)(C)C(=O)OC1C2CC3C(=O)OC1C3O2.CCC(C)(C)C(=O)OC1CCOC1=O.CCC1(OC(=O)COC(=O)C(C)(C)CC)CCCC1. The Labute approximate surface area is 302 Å². The molecular formula is C38H60O13. The molecule has 0 aromatic heterocycles. The summed E-state index contributed by atoms with van der Waals surface area (Å²) in [6.07, 6.45) is 6.16. The minimum Gasteiger partial charge on any atom is -0.463 e. The number of hydrogen-bond acceptors (Lipinski definition) is 13. The van der Waals surface area contributed by atoms with Gasteiger partial charge in [-0.2, -0.15) is 0 Å². The number of cyclic esters (lactones) is 1. The topological polar surface area (TPSA) is 167 Å². The van der Waals surface area contributed by atoms with E-state index in [-0.39, 0.29) is 54.2 Å². The van der Waals surface area contributed by atoms with Crippen molar-refractivity contribution in [1.29, 1.82) is 0 Å². The molecule has 13 heteroatoms. The number of carbonyl (C=O) groups excluding carboxylic acids is 6. The number of esters is 6. The molecule has 0 amide bonds. The van der Waals surface area contributed by atoms with Crippen LogP contribution in [0.5, 0.6) is 0 Å². The fourth-order valence-corrected chi connectivity index (χ4v) is 6.11. The Morgan fingerprint density at radius 1 is 0.765 bits per heavy atom. The van der Waals surface area contributed by atoms with Crippen LogP contribution in [0.25, 0.3) is 0 Å². The summed E-state index contributed by atoms with van der Waals surface area (Å²) < 4.78 is 36.8. The van der Waals surface area contributed by atoms with E-state index < -0.39 is 46.5 Å². The van der Waals surface area contributed by atoms with Crippen molar-refractivity contribution in [2.45, 2.75) is 170 Å². The van der Waals surface area contributed by atoms with Crippen LogP contribution in [0.15, 0.2) is 0 Å². The summed E-state index contributed by atoms with van der Waals surface area (Å²) in [5.74, 6) is -2.12. The van der Waals surface area contributed by atoms with Crippen molar-refractivity contribution in [2.24, 2.45) is 22.2 Å². The molecule has 2 bridgehead atoms. The second-order valence-electron chi connectivity index (χ2n) is 16.1. The van der Waals surface area contributed by atoms with Crippen molar-refractivity contribution >= 4 is 35.8 Å². The van der Waals surface area contributed by atoms with Crippen LogP contribution in [0.1, 0.15) is 133 Å². The van der Waals surface area contributed by atoms with E-state index in [0.29, 0.717) is 38.7 Å². The molecule has 1 aliphatic carbocycles. The summed E-state index contributed by atoms with van der Waals surface area (Å²) in [6.45, 7) is 18.8. The first-order valence-electron chi connectivity index (χ1n) is 18.6. The Bertz CT molecular complexity index is 1280. The smallest absolute Gasteiger partial charge is 0.347 e. The molecule has 6 unspecified atom stereocenters. The highest BCUT2D eigenvalue weighted by Gasteiger charge is 2.65. The van der Waals surface area contributed by atoms with Crippen molar-refractivity contribution in [2.75, 3.05) is 13.2 Å². The highest BCUT2D eigenvalue weighted by molar-refractivity contribution is 5.83.